The standard InChI is InChI=1S/C17H21N3O4/c1-5-23-15(21)12-6-7-14(18-10-12)19-13-8-9-20(11-13)16(22)24-17(2,3)4/h6-11H,5H2,1-4H3,(H,18,19). The summed E-state index contributed by atoms with van der Waals surface area (Å²) < 4.78 is 11.5. The van der Waals surface area contributed by atoms with Gasteiger partial charge in [0.2, 0.25) is 0 Å². The van der Waals surface area contributed by atoms with Crippen molar-refractivity contribution in [2.24, 2.45) is 0 Å². The highest BCUT2D eigenvalue weighted by Crippen LogP contribution is 2.17. The lowest BCUT2D eigenvalue weighted by Crippen LogP contribution is -2.26. The summed E-state index contributed by atoms with van der Waals surface area (Å²) in [5.74, 6) is 0.137. The second-order valence-corrected chi connectivity index (χ2v) is 6.07. The van der Waals surface area contributed by atoms with E-state index in [0.29, 0.717) is 23.7 Å². The van der Waals surface area contributed by atoms with Gasteiger partial charge in [-0.25, -0.2) is 14.6 Å². The summed E-state index contributed by atoms with van der Waals surface area (Å²) in [4.78, 5) is 27.7. The molecule has 0 bridgehead atoms. The van der Waals surface area contributed by atoms with E-state index in [2.05, 4.69) is 10.3 Å². The third-order valence-corrected chi connectivity index (χ3v) is 2.84. The average molecular weight is 331 g/mol. The van der Waals surface area contributed by atoms with E-state index in [-0.39, 0.29) is 0 Å². The summed E-state index contributed by atoms with van der Waals surface area (Å²) in [5, 5.41) is 3.05. The van der Waals surface area contributed by atoms with Crippen LogP contribution in [0.4, 0.5) is 16.3 Å². The van der Waals surface area contributed by atoms with Crippen LogP contribution in [0, 0.1) is 0 Å². The summed E-state index contributed by atoms with van der Waals surface area (Å²) in [6.07, 6.45) is 4.19. The minimum atomic E-state index is -0.556. The second kappa shape index (κ2) is 7.16. The van der Waals surface area contributed by atoms with Crippen LogP contribution in [0.1, 0.15) is 38.1 Å². The van der Waals surface area contributed by atoms with Crippen LogP contribution in [-0.2, 0) is 9.47 Å². The first kappa shape index (κ1) is 17.5. The predicted molar refractivity (Wildman–Crippen MR) is 89.5 cm³/mol. The quantitative estimate of drug-likeness (QED) is 0.862. The minimum Gasteiger partial charge on any atom is -0.462 e. The topological polar surface area (TPSA) is 82.5 Å². The summed E-state index contributed by atoms with van der Waals surface area (Å²) in [6, 6.07) is 5.01. The Morgan fingerprint density at radius 2 is 2.00 bits per heavy atom. The Morgan fingerprint density at radius 3 is 2.58 bits per heavy atom. The molecule has 0 saturated heterocycles. The Bertz CT molecular complexity index is 714. The fourth-order valence-corrected chi connectivity index (χ4v) is 1.85. The number of nitrogens with zero attached hydrogens (tertiary/aromatic N) is 2. The Hall–Kier alpha value is -2.83. The Balaban J connectivity index is 2.02. The molecule has 0 amide bonds. The van der Waals surface area contributed by atoms with Crippen molar-refractivity contribution >= 4 is 23.6 Å². The summed E-state index contributed by atoms with van der Waals surface area (Å²) >= 11 is 0. The maximum atomic E-state index is 12.0. The molecule has 0 aliphatic rings. The van der Waals surface area contributed by atoms with Crippen LogP contribution in [0.15, 0.2) is 36.8 Å². The van der Waals surface area contributed by atoms with Gasteiger partial charge in [0.1, 0.15) is 11.4 Å². The van der Waals surface area contributed by atoms with Gasteiger partial charge in [-0.3, -0.25) is 4.57 Å². The van der Waals surface area contributed by atoms with Gasteiger partial charge in [-0.15, -0.1) is 0 Å². The summed E-state index contributed by atoms with van der Waals surface area (Å²) in [6.45, 7) is 7.49. The van der Waals surface area contributed by atoms with Crippen molar-refractivity contribution in [2.45, 2.75) is 33.3 Å². The van der Waals surface area contributed by atoms with E-state index >= 15 is 0 Å². The fraction of sp³-hybridized carbons (Fsp3) is 0.353. The molecule has 2 aromatic rings. The number of ether oxygens (including phenoxy) is 2. The zero-order valence-electron chi connectivity index (χ0n) is 14.2. The van der Waals surface area contributed by atoms with E-state index < -0.39 is 17.7 Å². The van der Waals surface area contributed by atoms with Crippen molar-refractivity contribution in [3.05, 3.63) is 42.4 Å². The lowest BCUT2D eigenvalue weighted by molar-refractivity contribution is 0.0519. The van der Waals surface area contributed by atoms with Crippen LogP contribution in [0.3, 0.4) is 0 Å². The molecule has 0 unspecified atom stereocenters. The normalized spacial score (nSPS) is 11.0. The zero-order valence-corrected chi connectivity index (χ0v) is 14.2. The van der Waals surface area contributed by atoms with Gasteiger partial charge in [0, 0.05) is 18.6 Å². The number of esters is 1. The first-order valence-electron chi connectivity index (χ1n) is 7.60. The fourth-order valence-electron chi connectivity index (χ4n) is 1.85. The lowest BCUT2D eigenvalue weighted by Gasteiger charge is -2.19. The third kappa shape index (κ3) is 4.84. The van der Waals surface area contributed by atoms with Crippen LogP contribution >= 0.6 is 0 Å². The molecular weight excluding hydrogens is 310 g/mol. The van der Waals surface area contributed by atoms with E-state index in [1.165, 1.54) is 10.8 Å². The Kier molecular flexibility index (Phi) is 5.23. The Labute approximate surface area is 140 Å². The second-order valence-electron chi connectivity index (χ2n) is 6.07. The van der Waals surface area contributed by atoms with Gasteiger partial charge in [0.25, 0.3) is 0 Å². The molecule has 7 heteroatoms. The molecule has 2 aromatic heterocycles. The maximum absolute atomic E-state index is 12.0. The predicted octanol–water partition coefficient (Wildman–Crippen LogP) is 3.59. The summed E-state index contributed by atoms with van der Waals surface area (Å²) in [5.41, 5.74) is 0.505. The van der Waals surface area contributed by atoms with Crippen LogP contribution in [0.2, 0.25) is 0 Å². The smallest absolute Gasteiger partial charge is 0.418 e. The van der Waals surface area contributed by atoms with E-state index in [9.17, 15) is 9.59 Å². The van der Waals surface area contributed by atoms with E-state index in [0.717, 1.165) is 0 Å². The molecule has 0 aliphatic carbocycles. The number of nitrogens with one attached hydrogen (secondary N) is 1. The molecule has 0 radical (unpaired) electrons. The van der Waals surface area contributed by atoms with Crippen LogP contribution < -0.4 is 5.32 Å². The van der Waals surface area contributed by atoms with Crippen molar-refractivity contribution in [1.29, 1.82) is 0 Å². The zero-order chi connectivity index (χ0) is 17.7. The van der Waals surface area contributed by atoms with Crippen molar-refractivity contribution in [3.8, 4) is 0 Å². The molecule has 0 aromatic carbocycles. The first-order chi connectivity index (χ1) is 11.3. The monoisotopic (exact) mass is 331 g/mol. The lowest BCUT2D eigenvalue weighted by atomic mass is 10.2. The molecule has 128 valence electrons. The van der Waals surface area contributed by atoms with Crippen LogP contribution in [0.5, 0.6) is 0 Å². The maximum Gasteiger partial charge on any atom is 0.418 e. The molecule has 1 N–H and O–H groups in total. The largest absolute Gasteiger partial charge is 0.462 e. The van der Waals surface area contributed by atoms with Crippen molar-refractivity contribution in [1.82, 2.24) is 9.55 Å². The molecule has 0 fully saturated rings. The van der Waals surface area contributed by atoms with E-state index in [4.69, 9.17) is 9.47 Å². The number of rotatable bonds is 4. The number of carbonyl (C=O) groups excluding carboxylic acids is 2. The first-order valence-corrected chi connectivity index (χ1v) is 7.60. The molecule has 24 heavy (non-hydrogen) atoms. The molecule has 0 aliphatic heterocycles. The molecule has 0 atom stereocenters. The molecular formula is C17H21N3O4. The SMILES string of the molecule is CCOC(=O)c1ccc(Nc2ccn(C(=O)OC(C)(C)C)c2)nc1. The average Bonchev–Trinajstić information content (AvgIpc) is 2.95. The number of pyridine rings is 1. The highest BCUT2D eigenvalue weighted by molar-refractivity contribution is 5.89. The van der Waals surface area contributed by atoms with E-state index in [1.54, 1.807) is 37.5 Å². The van der Waals surface area contributed by atoms with E-state index in [1.807, 2.05) is 20.8 Å². The van der Waals surface area contributed by atoms with Gasteiger partial charge in [0.15, 0.2) is 0 Å². The molecule has 0 spiro atoms. The summed E-state index contributed by atoms with van der Waals surface area (Å²) in [7, 11) is 0. The number of carbonyl (C=O) groups is 2. The number of anilines is 2. The van der Waals surface area contributed by atoms with Crippen molar-refractivity contribution in [3.63, 3.8) is 0 Å². The highest BCUT2D eigenvalue weighted by Gasteiger charge is 2.17. The van der Waals surface area contributed by atoms with Gasteiger partial charge < -0.3 is 14.8 Å². The van der Waals surface area contributed by atoms with Gasteiger partial charge in [-0.1, -0.05) is 0 Å². The number of aromatic nitrogens is 2. The van der Waals surface area contributed by atoms with Gasteiger partial charge in [0.05, 0.1) is 17.9 Å². The van der Waals surface area contributed by atoms with Gasteiger partial charge >= 0.3 is 12.1 Å². The van der Waals surface area contributed by atoms with Crippen molar-refractivity contribution in [2.75, 3.05) is 11.9 Å². The molecule has 2 heterocycles. The van der Waals surface area contributed by atoms with Gasteiger partial charge in [-0.05, 0) is 45.9 Å². The number of hydrogen-bond donors (Lipinski definition) is 1. The Morgan fingerprint density at radius 1 is 1.25 bits per heavy atom. The minimum absolute atomic E-state index is 0.316. The van der Waals surface area contributed by atoms with Crippen LogP contribution in [0.25, 0.3) is 0 Å². The van der Waals surface area contributed by atoms with Gasteiger partial charge in [-0.2, -0.15) is 0 Å². The number of hydrogen-bond acceptors (Lipinski definition) is 6. The molecule has 2 rings (SSSR count). The molecule has 0 saturated carbocycles. The third-order valence-electron chi connectivity index (χ3n) is 2.84. The van der Waals surface area contributed by atoms with Crippen LogP contribution in [-0.4, -0.2) is 33.8 Å². The molecule has 7 nitrogen and oxygen atoms in total. The highest BCUT2D eigenvalue weighted by atomic mass is 16.6. The van der Waals surface area contributed by atoms with Crippen molar-refractivity contribution < 1.29 is 19.1 Å².